The second-order valence-corrected chi connectivity index (χ2v) is 2.79. The van der Waals surface area contributed by atoms with E-state index in [0.29, 0.717) is 13.2 Å². The van der Waals surface area contributed by atoms with E-state index in [0.717, 1.165) is 12.1 Å². The van der Waals surface area contributed by atoms with E-state index in [1.54, 1.807) is 19.6 Å². The third-order valence-corrected chi connectivity index (χ3v) is 1.88. The van der Waals surface area contributed by atoms with E-state index in [9.17, 15) is 0 Å². The molecule has 4 nitrogen and oxygen atoms in total. The van der Waals surface area contributed by atoms with Crippen LogP contribution in [-0.4, -0.2) is 26.8 Å². The molecule has 0 saturated heterocycles. The van der Waals surface area contributed by atoms with E-state index in [1.807, 2.05) is 6.07 Å². The predicted molar refractivity (Wildman–Crippen MR) is 50.4 cm³/mol. The second-order valence-electron chi connectivity index (χ2n) is 2.79. The van der Waals surface area contributed by atoms with Crippen LogP contribution in [0.5, 0.6) is 0 Å². The molecule has 1 atom stereocenters. The van der Waals surface area contributed by atoms with E-state index in [1.165, 1.54) is 0 Å². The topological polar surface area (TPSA) is 60.4 Å². The van der Waals surface area contributed by atoms with Gasteiger partial charge in [0.05, 0.1) is 19.1 Å². The normalized spacial score (nSPS) is 13.1. The van der Waals surface area contributed by atoms with Gasteiger partial charge in [-0.05, 0) is 6.07 Å². The van der Waals surface area contributed by atoms with Crippen molar-refractivity contribution in [2.45, 2.75) is 6.04 Å². The molecule has 0 fully saturated rings. The quantitative estimate of drug-likeness (QED) is 0.633. The highest BCUT2D eigenvalue weighted by Crippen LogP contribution is 2.10. The molecule has 1 rings (SSSR count). The maximum atomic E-state index is 5.60. The van der Waals surface area contributed by atoms with Crippen molar-refractivity contribution in [3.63, 3.8) is 0 Å². The van der Waals surface area contributed by atoms with Crippen LogP contribution >= 0.6 is 0 Å². The Bertz CT molecular complexity index is 211. The first-order valence-electron chi connectivity index (χ1n) is 4.33. The minimum Gasteiger partial charge on any atom is -0.472 e. The predicted octanol–water partition coefficient (Wildman–Crippen LogP) is 0.515. The summed E-state index contributed by atoms with van der Waals surface area (Å²) < 4.78 is 9.90. The van der Waals surface area contributed by atoms with Crippen LogP contribution in [0.15, 0.2) is 23.0 Å². The number of nitrogens with two attached hydrogens (primary N) is 1. The van der Waals surface area contributed by atoms with Gasteiger partial charge in [-0.1, -0.05) is 0 Å². The van der Waals surface area contributed by atoms with E-state index in [4.69, 9.17) is 14.9 Å². The first kappa shape index (κ1) is 10.2. The summed E-state index contributed by atoms with van der Waals surface area (Å²) in [6, 6.07) is 2.08. The SMILES string of the molecule is COCCNC(CN)c1ccoc1. The Morgan fingerprint density at radius 2 is 2.54 bits per heavy atom. The molecular formula is C9H16N2O2. The van der Waals surface area contributed by atoms with Gasteiger partial charge in [-0.2, -0.15) is 0 Å². The number of ether oxygens (including phenoxy) is 1. The number of rotatable bonds is 6. The maximum Gasteiger partial charge on any atom is 0.0950 e. The van der Waals surface area contributed by atoms with Crippen LogP contribution < -0.4 is 11.1 Å². The Hall–Kier alpha value is -0.840. The van der Waals surface area contributed by atoms with Crippen LogP contribution in [0.3, 0.4) is 0 Å². The van der Waals surface area contributed by atoms with Crippen molar-refractivity contribution in [1.82, 2.24) is 5.32 Å². The summed E-state index contributed by atoms with van der Waals surface area (Å²) in [5.74, 6) is 0. The standard InChI is InChI=1S/C9H16N2O2/c1-12-5-3-11-9(6-10)8-2-4-13-7-8/h2,4,7,9,11H,3,5-6,10H2,1H3. The third-order valence-electron chi connectivity index (χ3n) is 1.88. The summed E-state index contributed by atoms with van der Waals surface area (Å²) in [5.41, 5.74) is 6.68. The summed E-state index contributed by atoms with van der Waals surface area (Å²) in [5, 5.41) is 3.26. The fourth-order valence-electron chi connectivity index (χ4n) is 1.15. The summed E-state index contributed by atoms with van der Waals surface area (Å²) >= 11 is 0. The highest BCUT2D eigenvalue weighted by Gasteiger charge is 2.08. The lowest BCUT2D eigenvalue weighted by molar-refractivity contribution is 0.196. The largest absolute Gasteiger partial charge is 0.472 e. The first-order valence-corrected chi connectivity index (χ1v) is 4.33. The Morgan fingerprint density at radius 1 is 1.69 bits per heavy atom. The Kier molecular flexibility index (Phi) is 4.53. The molecule has 0 saturated carbocycles. The van der Waals surface area contributed by atoms with Gasteiger partial charge in [0.25, 0.3) is 0 Å². The molecule has 1 unspecified atom stereocenters. The Morgan fingerprint density at radius 3 is 3.08 bits per heavy atom. The fourth-order valence-corrected chi connectivity index (χ4v) is 1.15. The van der Waals surface area contributed by atoms with Gasteiger partial charge in [-0.15, -0.1) is 0 Å². The molecule has 13 heavy (non-hydrogen) atoms. The Labute approximate surface area is 78.1 Å². The van der Waals surface area contributed by atoms with Crippen molar-refractivity contribution in [2.24, 2.45) is 5.73 Å². The van der Waals surface area contributed by atoms with Gasteiger partial charge in [-0.25, -0.2) is 0 Å². The van der Waals surface area contributed by atoms with Gasteiger partial charge >= 0.3 is 0 Å². The highest BCUT2D eigenvalue weighted by atomic mass is 16.5. The highest BCUT2D eigenvalue weighted by molar-refractivity contribution is 5.11. The zero-order valence-electron chi connectivity index (χ0n) is 7.82. The number of hydrogen-bond donors (Lipinski definition) is 2. The molecule has 0 bridgehead atoms. The molecule has 1 aromatic rings. The molecule has 74 valence electrons. The third kappa shape index (κ3) is 3.18. The summed E-state index contributed by atoms with van der Waals surface area (Å²) in [6.07, 6.45) is 3.35. The molecule has 0 aliphatic rings. The van der Waals surface area contributed by atoms with Gasteiger partial charge in [-0.3, -0.25) is 0 Å². The molecule has 0 aliphatic heterocycles. The number of nitrogens with one attached hydrogen (secondary N) is 1. The molecule has 3 N–H and O–H groups in total. The van der Waals surface area contributed by atoms with E-state index in [-0.39, 0.29) is 6.04 Å². The monoisotopic (exact) mass is 184 g/mol. The van der Waals surface area contributed by atoms with Gasteiger partial charge in [0.2, 0.25) is 0 Å². The van der Waals surface area contributed by atoms with Crippen molar-refractivity contribution >= 4 is 0 Å². The molecule has 4 heteroatoms. The molecule has 0 amide bonds. The Balaban J connectivity index is 2.35. The van der Waals surface area contributed by atoms with Crippen molar-refractivity contribution in [3.05, 3.63) is 24.2 Å². The lowest BCUT2D eigenvalue weighted by Gasteiger charge is -2.14. The molecular weight excluding hydrogens is 168 g/mol. The summed E-state index contributed by atoms with van der Waals surface area (Å²) in [7, 11) is 1.68. The van der Waals surface area contributed by atoms with Gasteiger partial charge < -0.3 is 20.2 Å². The summed E-state index contributed by atoms with van der Waals surface area (Å²) in [4.78, 5) is 0. The smallest absolute Gasteiger partial charge is 0.0950 e. The van der Waals surface area contributed by atoms with Crippen LogP contribution in [0.25, 0.3) is 0 Å². The average molecular weight is 184 g/mol. The number of methoxy groups -OCH3 is 1. The van der Waals surface area contributed by atoms with Crippen molar-refractivity contribution in [3.8, 4) is 0 Å². The zero-order chi connectivity index (χ0) is 9.52. The second kappa shape index (κ2) is 5.75. The first-order chi connectivity index (χ1) is 6.38. The minimum atomic E-state index is 0.161. The summed E-state index contributed by atoms with van der Waals surface area (Å²) in [6.45, 7) is 2.04. The van der Waals surface area contributed by atoms with E-state index >= 15 is 0 Å². The fraction of sp³-hybridized carbons (Fsp3) is 0.556. The van der Waals surface area contributed by atoms with Gasteiger partial charge in [0.1, 0.15) is 0 Å². The number of furan rings is 1. The average Bonchev–Trinajstić information content (AvgIpc) is 2.65. The molecule has 0 radical (unpaired) electrons. The van der Waals surface area contributed by atoms with Crippen LogP contribution in [0, 0.1) is 0 Å². The van der Waals surface area contributed by atoms with Crippen molar-refractivity contribution < 1.29 is 9.15 Å². The molecule has 1 heterocycles. The van der Waals surface area contributed by atoms with Crippen LogP contribution in [-0.2, 0) is 4.74 Å². The lowest BCUT2D eigenvalue weighted by Crippen LogP contribution is -2.30. The van der Waals surface area contributed by atoms with Gasteiger partial charge in [0.15, 0.2) is 0 Å². The van der Waals surface area contributed by atoms with E-state index < -0.39 is 0 Å². The van der Waals surface area contributed by atoms with Crippen molar-refractivity contribution in [2.75, 3.05) is 26.8 Å². The van der Waals surface area contributed by atoms with Crippen LogP contribution in [0.4, 0.5) is 0 Å². The van der Waals surface area contributed by atoms with Crippen LogP contribution in [0.1, 0.15) is 11.6 Å². The van der Waals surface area contributed by atoms with Gasteiger partial charge in [0, 0.05) is 31.8 Å². The van der Waals surface area contributed by atoms with E-state index in [2.05, 4.69) is 5.32 Å². The molecule has 0 aliphatic carbocycles. The molecule has 0 aromatic carbocycles. The minimum absolute atomic E-state index is 0.161. The number of hydrogen-bond acceptors (Lipinski definition) is 4. The zero-order valence-corrected chi connectivity index (χ0v) is 7.82. The maximum absolute atomic E-state index is 5.60. The molecule has 1 aromatic heterocycles. The molecule has 0 spiro atoms. The van der Waals surface area contributed by atoms with Crippen LogP contribution in [0.2, 0.25) is 0 Å². The van der Waals surface area contributed by atoms with Crippen molar-refractivity contribution in [1.29, 1.82) is 0 Å². The lowest BCUT2D eigenvalue weighted by atomic mass is 10.1.